The monoisotopic (exact) mass is 404 g/mol. The first-order chi connectivity index (χ1) is 12.0. The van der Waals surface area contributed by atoms with Crippen LogP contribution >= 0.6 is 0 Å². The molecule has 2 aromatic rings. The fraction of sp³-hybridized carbons (Fsp3) is 0.143. The smallest absolute Gasteiger partial charge is 0.294 e. The maximum absolute atomic E-state index is 13.8. The van der Waals surface area contributed by atoms with Crippen molar-refractivity contribution in [2.24, 2.45) is 0 Å². The van der Waals surface area contributed by atoms with Gasteiger partial charge in [-0.05, 0) is 30.3 Å². The fourth-order valence-corrected chi connectivity index (χ4v) is 3.93. The van der Waals surface area contributed by atoms with Crippen molar-refractivity contribution in [3.63, 3.8) is 0 Å². The Hall–Kier alpha value is -2.73. The van der Waals surface area contributed by atoms with Gasteiger partial charge in [0.1, 0.15) is 5.69 Å². The number of nitro groups is 1. The molecule has 0 atom stereocenters. The maximum Gasteiger partial charge on any atom is 0.294 e. The standard InChI is InChI=1S/C14H13FN2O7S2/c1-24-14-6-4-9(7-11(14)15)26(22,23)10-3-5-12(16-25(2,20)21)13(8-10)17(18)19/h3-8,16H,1-2H3. The molecule has 2 aromatic carbocycles. The second-order valence-corrected chi connectivity index (χ2v) is 8.81. The third kappa shape index (κ3) is 4.08. The minimum atomic E-state index is -4.28. The molecule has 12 heteroatoms. The van der Waals surface area contributed by atoms with E-state index in [9.17, 15) is 31.3 Å². The second kappa shape index (κ2) is 6.88. The SMILES string of the molecule is COc1ccc(S(=O)(=O)c2ccc(NS(C)(=O)=O)c([N+](=O)[O-])c2)cc1F. The summed E-state index contributed by atoms with van der Waals surface area (Å²) in [5.74, 6) is -1.08. The van der Waals surface area contributed by atoms with Crippen molar-refractivity contribution < 1.29 is 30.9 Å². The van der Waals surface area contributed by atoms with Gasteiger partial charge < -0.3 is 4.74 Å². The molecule has 0 radical (unpaired) electrons. The number of halogens is 1. The van der Waals surface area contributed by atoms with Gasteiger partial charge in [-0.25, -0.2) is 21.2 Å². The van der Waals surface area contributed by atoms with Gasteiger partial charge in [-0.2, -0.15) is 0 Å². The lowest BCUT2D eigenvalue weighted by molar-refractivity contribution is -0.384. The van der Waals surface area contributed by atoms with Gasteiger partial charge in [-0.1, -0.05) is 0 Å². The van der Waals surface area contributed by atoms with E-state index in [0.29, 0.717) is 6.07 Å². The average Bonchev–Trinajstić information content (AvgIpc) is 2.53. The first-order valence-electron chi connectivity index (χ1n) is 6.80. The van der Waals surface area contributed by atoms with E-state index in [0.717, 1.165) is 36.6 Å². The number of nitrogens with zero attached hydrogens (tertiary/aromatic N) is 1. The van der Waals surface area contributed by atoms with Gasteiger partial charge in [0.05, 0.1) is 28.1 Å². The van der Waals surface area contributed by atoms with E-state index in [4.69, 9.17) is 4.74 Å². The van der Waals surface area contributed by atoms with Crippen molar-refractivity contribution >= 4 is 31.2 Å². The number of sulfonamides is 1. The molecule has 2 rings (SSSR count). The Bertz CT molecular complexity index is 1080. The van der Waals surface area contributed by atoms with Gasteiger partial charge in [0.15, 0.2) is 11.6 Å². The Morgan fingerprint density at radius 3 is 2.15 bits per heavy atom. The summed E-state index contributed by atoms with van der Waals surface area (Å²) in [6.45, 7) is 0. The van der Waals surface area contributed by atoms with E-state index in [1.165, 1.54) is 7.11 Å². The Labute approximate surface area is 148 Å². The number of sulfone groups is 1. The molecule has 0 saturated heterocycles. The van der Waals surface area contributed by atoms with Crippen LogP contribution in [0.25, 0.3) is 0 Å². The highest BCUT2D eigenvalue weighted by Crippen LogP contribution is 2.32. The topological polar surface area (TPSA) is 133 Å². The van der Waals surface area contributed by atoms with Crippen LogP contribution in [0.4, 0.5) is 15.8 Å². The van der Waals surface area contributed by atoms with Gasteiger partial charge in [0.25, 0.3) is 5.69 Å². The number of ether oxygens (including phenoxy) is 1. The molecule has 0 unspecified atom stereocenters. The molecular weight excluding hydrogens is 391 g/mol. The molecule has 0 bridgehead atoms. The number of nitro benzene ring substituents is 1. The Morgan fingerprint density at radius 2 is 1.65 bits per heavy atom. The van der Waals surface area contributed by atoms with Crippen molar-refractivity contribution in [2.75, 3.05) is 18.1 Å². The van der Waals surface area contributed by atoms with Crippen LogP contribution < -0.4 is 9.46 Å². The summed E-state index contributed by atoms with van der Waals surface area (Å²) in [7, 11) is -6.88. The van der Waals surface area contributed by atoms with Gasteiger partial charge in [-0.15, -0.1) is 0 Å². The molecule has 26 heavy (non-hydrogen) atoms. The molecule has 0 heterocycles. The number of anilines is 1. The van der Waals surface area contributed by atoms with Crippen LogP contribution in [-0.2, 0) is 19.9 Å². The molecule has 140 valence electrons. The molecule has 0 amide bonds. The zero-order valence-corrected chi connectivity index (χ0v) is 15.1. The third-order valence-corrected chi connectivity index (χ3v) is 5.54. The molecule has 0 fully saturated rings. The van der Waals surface area contributed by atoms with Gasteiger partial charge >= 0.3 is 0 Å². The van der Waals surface area contributed by atoms with Crippen LogP contribution in [0.15, 0.2) is 46.2 Å². The molecule has 0 spiro atoms. The van der Waals surface area contributed by atoms with Gasteiger partial charge in [0, 0.05) is 6.07 Å². The highest BCUT2D eigenvalue weighted by molar-refractivity contribution is 7.92. The molecular formula is C14H13FN2O7S2. The first-order valence-corrected chi connectivity index (χ1v) is 10.2. The number of rotatable bonds is 6. The minimum absolute atomic E-state index is 0.164. The minimum Gasteiger partial charge on any atom is -0.494 e. The predicted molar refractivity (Wildman–Crippen MR) is 90.0 cm³/mol. The Kier molecular flexibility index (Phi) is 5.18. The van der Waals surface area contributed by atoms with Crippen molar-refractivity contribution in [1.82, 2.24) is 0 Å². The van der Waals surface area contributed by atoms with Crippen molar-refractivity contribution in [1.29, 1.82) is 0 Å². The summed E-state index contributed by atoms with van der Waals surface area (Å²) < 4.78 is 68.1. The highest BCUT2D eigenvalue weighted by atomic mass is 32.2. The van der Waals surface area contributed by atoms with E-state index in [1.807, 2.05) is 4.72 Å². The summed E-state index contributed by atoms with van der Waals surface area (Å²) in [6, 6.07) is 5.56. The molecule has 1 N–H and O–H groups in total. The van der Waals surface area contributed by atoms with Gasteiger partial charge in [-0.3, -0.25) is 14.8 Å². The van der Waals surface area contributed by atoms with Crippen molar-refractivity contribution in [3.8, 4) is 5.75 Å². The summed E-state index contributed by atoms with van der Waals surface area (Å²) in [6.07, 6.45) is 0.793. The van der Waals surface area contributed by atoms with Crippen LogP contribution in [0.5, 0.6) is 5.75 Å². The lowest BCUT2D eigenvalue weighted by Gasteiger charge is -2.09. The number of benzene rings is 2. The predicted octanol–water partition coefficient (Wildman–Crippen LogP) is 1.95. The second-order valence-electron chi connectivity index (χ2n) is 5.11. The van der Waals surface area contributed by atoms with Crippen LogP contribution in [0.3, 0.4) is 0 Å². The summed E-state index contributed by atoms with van der Waals surface area (Å²) in [5.41, 5.74) is -1.15. The number of hydrogen-bond donors (Lipinski definition) is 1. The molecule has 0 aromatic heterocycles. The van der Waals surface area contributed by atoms with Crippen LogP contribution in [0, 0.1) is 15.9 Å². The molecule has 9 nitrogen and oxygen atoms in total. The van der Waals surface area contributed by atoms with Crippen LogP contribution in [-0.4, -0.2) is 35.1 Å². The normalized spacial score (nSPS) is 11.8. The number of methoxy groups -OCH3 is 1. The lowest BCUT2D eigenvalue weighted by atomic mass is 10.3. The zero-order chi connectivity index (χ0) is 19.7. The molecule has 0 aliphatic carbocycles. The average molecular weight is 404 g/mol. The molecule has 0 aliphatic rings. The van der Waals surface area contributed by atoms with Crippen LogP contribution in [0.1, 0.15) is 0 Å². The van der Waals surface area contributed by atoms with E-state index < -0.39 is 51.8 Å². The fourth-order valence-electron chi connectivity index (χ4n) is 2.07. The van der Waals surface area contributed by atoms with E-state index in [-0.39, 0.29) is 5.75 Å². The summed E-state index contributed by atoms with van der Waals surface area (Å²) >= 11 is 0. The highest BCUT2D eigenvalue weighted by Gasteiger charge is 2.25. The zero-order valence-electron chi connectivity index (χ0n) is 13.5. The number of hydrogen-bond acceptors (Lipinski definition) is 7. The quantitative estimate of drug-likeness (QED) is 0.575. The van der Waals surface area contributed by atoms with Gasteiger partial charge in [0.2, 0.25) is 19.9 Å². The maximum atomic E-state index is 13.8. The third-order valence-electron chi connectivity index (χ3n) is 3.21. The van der Waals surface area contributed by atoms with Crippen molar-refractivity contribution in [3.05, 3.63) is 52.3 Å². The van der Waals surface area contributed by atoms with Crippen LogP contribution in [0.2, 0.25) is 0 Å². The van der Waals surface area contributed by atoms with E-state index >= 15 is 0 Å². The first kappa shape index (κ1) is 19.6. The summed E-state index contributed by atoms with van der Waals surface area (Å²) in [4.78, 5) is 9.30. The van der Waals surface area contributed by atoms with E-state index in [1.54, 1.807) is 0 Å². The van der Waals surface area contributed by atoms with E-state index in [2.05, 4.69) is 0 Å². The Balaban J connectivity index is 2.58. The Morgan fingerprint density at radius 1 is 1.08 bits per heavy atom. The van der Waals surface area contributed by atoms with Crippen molar-refractivity contribution in [2.45, 2.75) is 9.79 Å². The largest absolute Gasteiger partial charge is 0.494 e. The summed E-state index contributed by atoms with van der Waals surface area (Å²) in [5, 5.41) is 11.2. The molecule has 0 saturated carbocycles. The lowest BCUT2D eigenvalue weighted by Crippen LogP contribution is -2.12. The molecule has 0 aliphatic heterocycles. The number of nitrogens with one attached hydrogen (secondary N) is 1.